The predicted molar refractivity (Wildman–Crippen MR) is 61.0 cm³/mol. The van der Waals surface area contributed by atoms with Gasteiger partial charge in [0, 0.05) is 19.1 Å². The average Bonchev–Trinajstić information content (AvgIpc) is 2.27. The maximum atomic E-state index is 12.0. The molecule has 17 heavy (non-hydrogen) atoms. The number of nitrogens with one attached hydrogen (secondary N) is 1. The molecule has 0 bridgehead atoms. The van der Waals surface area contributed by atoms with Gasteiger partial charge in [0.1, 0.15) is 0 Å². The van der Waals surface area contributed by atoms with Crippen LogP contribution in [0.15, 0.2) is 0 Å². The normalized spacial score (nSPS) is 23.6. The summed E-state index contributed by atoms with van der Waals surface area (Å²) >= 11 is 0. The van der Waals surface area contributed by atoms with Gasteiger partial charge in [-0.2, -0.15) is 13.2 Å². The summed E-state index contributed by atoms with van der Waals surface area (Å²) in [6.07, 6.45) is 0.421. The third kappa shape index (κ3) is 6.88. The Labute approximate surface area is 101 Å². The summed E-state index contributed by atoms with van der Waals surface area (Å²) in [5.74, 6) is 0. The maximum Gasteiger partial charge on any atom is 0.389 e. The first-order valence-electron chi connectivity index (χ1n) is 6.37. The molecule has 1 saturated heterocycles. The van der Waals surface area contributed by atoms with Gasteiger partial charge in [0.2, 0.25) is 0 Å². The molecule has 2 atom stereocenters. The second-order valence-electron chi connectivity index (χ2n) is 4.72. The molecule has 0 spiro atoms. The van der Waals surface area contributed by atoms with Gasteiger partial charge >= 0.3 is 6.18 Å². The van der Waals surface area contributed by atoms with Crippen LogP contribution >= 0.6 is 0 Å². The number of hydrogen-bond acceptors (Lipinski definition) is 2. The molecule has 0 aromatic carbocycles. The first kappa shape index (κ1) is 14.8. The highest BCUT2D eigenvalue weighted by Crippen LogP contribution is 2.24. The van der Waals surface area contributed by atoms with Crippen LogP contribution in [0.4, 0.5) is 13.2 Å². The highest BCUT2D eigenvalue weighted by Gasteiger charge is 2.27. The molecule has 2 nitrogen and oxygen atoms in total. The van der Waals surface area contributed by atoms with Crippen LogP contribution in [0.3, 0.4) is 0 Å². The van der Waals surface area contributed by atoms with Crippen molar-refractivity contribution in [1.29, 1.82) is 0 Å². The van der Waals surface area contributed by atoms with Crippen molar-refractivity contribution < 1.29 is 17.9 Å². The molecule has 2 unspecified atom stereocenters. The Kier molecular flexibility index (Phi) is 6.27. The molecule has 0 aliphatic carbocycles. The zero-order valence-corrected chi connectivity index (χ0v) is 10.4. The number of ether oxygens (including phenoxy) is 1. The molecule has 1 rings (SSSR count). The molecule has 1 aliphatic rings. The van der Waals surface area contributed by atoms with Crippen molar-refractivity contribution in [3.63, 3.8) is 0 Å². The van der Waals surface area contributed by atoms with Crippen LogP contribution < -0.4 is 5.32 Å². The van der Waals surface area contributed by atoms with Crippen LogP contribution in [-0.2, 0) is 4.74 Å². The molecule has 1 aliphatic heterocycles. The monoisotopic (exact) mass is 253 g/mol. The van der Waals surface area contributed by atoms with Gasteiger partial charge in [-0.05, 0) is 45.6 Å². The SMILES string of the molecule is CNC(CCCC(F)(F)F)CC1CCCCO1. The van der Waals surface area contributed by atoms with Crippen molar-refractivity contribution in [2.24, 2.45) is 0 Å². The Bertz CT molecular complexity index is 202. The zero-order chi connectivity index (χ0) is 12.7. The first-order valence-corrected chi connectivity index (χ1v) is 6.37. The van der Waals surface area contributed by atoms with E-state index in [1.54, 1.807) is 7.05 Å². The van der Waals surface area contributed by atoms with Gasteiger partial charge in [-0.3, -0.25) is 0 Å². The highest BCUT2D eigenvalue weighted by molar-refractivity contribution is 4.73. The second kappa shape index (κ2) is 7.21. The van der Waals surface area contributed by atoms with Gasteiger partial charge in [-0.25, -0.2) is 0 Å². The van der Waals surface area contributed by atoms with Crippen molar-refractivity contribution in [3.8, 4) is 0 Å². The Morgan fingerprint density at radius 2 is 2.12 bits per heavy atom. The van der Waals surface area contributed by atoms with E-state index < -0.39 is 12.6 Å². The molecule has 0 saturated carbocycles. The quantitative estimate of drug-likeness (QED) is 0.784. The Morgan fingerprint density at radius 1 is 1.35 bits per heavy atom. The number of rotatable bonds is 6. The minimum atomic E-state index is -4.03. The molecular weight excluding hydrogens is 231 g/mol. The van der Waals surface area contributed by atoms with E-state index in [0.29, 0.717) is 6.42 Å². The number of alkyl halides is 3. The zero-order valence-electron chi connectivity index (χ0n) is 10.4. The van der Waals surface area contributed by atoms with Gasteiger partial charge in [0.15, 0.2) is 0 Å². The van der Waals surface area contributed by atoms with E-state index in [0.717, 1.165) is 25.9 Å². The fourth-order valence-corrected chi connectivity index (χ4v) is 2.24. The summed E-state index contributed by atoms with van der Waals surface area (Å²) < 4.78 is 41.7. The van der Waals surface area contributed by atoms with Crippen LogP contribution in [0.25, 0.3) is 0 Å². The standard InChI is InChI=1S/C12H22F3NO/c1-16-10(5-4-7-12(13,14)15)9-11-6-2-3-8-17-11/h10-11,16H,2-9H2,1H3. The van der Waals surface area contributed by atoms with Crippen LogP contribution in [0, 0.1) is 0 Å². The molecule has 0 amide bonds. The smallest absolute Gasteiger partial charge is 0.378 e. The Morgan fingerprint density at radius 3 is 2.65 bits per heavy atom. The lowest BCUT2D eigenvalue weighted by atomic mass is 9.98. The lowest BCUT2D eigenvalue weighted by Gasteiger charge is -2.27. The van der Waals surface area contributed by atoms with Crippen molar-refractivity contribution in [2.75, 3.05) is 13.7 Å². The largest absolute Gasteiger partial charge is 0.389 e. The summed E-state index contributed by atoms with van der Waals surface area (Å²) in [5, 5.41) is 3.09. The van der Waals surface area contributed by atoms with E-state index in [1.165, 1.54) is 6.42 Å². The van der Waals surface area contributed by atoms with Crippen LogP contribution in [0.5, 0.6) is 0 Å². The van der Waals surface area contributed by atoms with Crippen LogP contribution in [-0.4, -0.2) is 32.0 Å². The molecule has 0 aromatic heterocycles. The summed E-state index contributed by atoms with van der Waals surface area (Å²) in [6.45, 7) is 0.795. The number of halogens is 3. The van der Waals surface area contributed by atoms with Gasteiger partial charge in [-0.15, -0.1) is 0 Å². The van der Waals surface area contributed by atoms with Crippen molar-refractivity contribution in [1.82, 2.24) is 5.32 Å². The van der Waals surface area contributed by atoms with Crippen LogP contribution in [0.1, 0.15) is 44.9 Å². The lowest BCUT2D eigenvalue weighted by molar-refractivity contribution is -0.135. The third-order valence-electron chi connectivity index (χ3n) is 3.24. The highest BCUT2D eigenvalue weighted by atomic mass is 19.4. The summed E-state index contributed by atoms with van der Waals surface area (Å²) in [5.41, 5.74) is 0. The van der Waals surface area contributed by atoms with Crippen molar-refractivity contribution in [2.45, 2.75) is 63.3 Å². The molecule has 102 valence electrons. The molecule has 1 fully saturated rings. The minimum absolute atomic E-state index is 0.139. The predicted octanol–water partition coefficient (Wildman–Crippen LogP) is 3.27. The van der Waals surface area contributed by atoms with E-state index in [4.69, 9.17) is 4.74 Å². The van der Waals surface area contributed by atoms with E-state index in [9.17, 15) is 13.2 Å². The summed E-state index contributed by atoms with van der Waals surface area (Å²) in [7, 11) is 1.81. The van der Waals surface area contributed by atoms with E-state index in [2.05, 4.69) is 5.32 Å². The topological polar surface area (TPSA) is 21.3 Å². The second-order valence-corrected chi connectivity index (χ2v) is 4.72. The molecule has 0 aromatic rings. The van der Waals surface area contributed by atoms with Gasteiger partial charge in [-0.1, -0.05) is 0 Å². The Balaban J connectivity index is 2.18. The molecule has 1 N–H and O–H groups in total. The fraction of sp³-hybridized carbons (Fsp3) is 1.00. The van der Waals surface area contributed by atoms with E-state index in [1.807, 2.05) is 0 Å². The van der Waals surface area contributed by atoms with E-state index in [-0.39, 0.29) is 18.6 Å². The van der Waals surface area contributed by atoms with Gasteiger partial charge in [0.05, 0.1) is 6.10 Å². The molecule has 0 radical (unpaired) electrons. The first-order chi connectivity index (χ1) is 8.01. The Hall–Kier alpha value is -0.290. The van der Waals surface area contributed by atoms with E-state index >= 15 is 0 Å². The third-order valence-corrected chi connectivity index (χ3v) is 3.24. The number of hydrogen-bond donors (Lipinski definition) is 1. The van der Waals surface area contributed by atoms with Crippen LogP contribution in [0.2, 0.25) is 0 Å². The summed E-state index contributed by atoms with van der Waals surface area (Å²) in [4.78, 5) is 0. The van der Waals surface area contributed by atoms with Gasteiger partial charge in [0.25, 0.3) is 0 Å². The maximum absolute atomic E-state index is 12.0. The molecular formula is C12H22F3NO. The average molecular weight is 253 g/mol. The van der Waals surface area contributed by atoms with Crippen molar-refractivity contribution >= 4 is 0 Å². The van der Waals surface area contributed by atoms with Gasteiger partial charge < -0.3 is 10.1 Å². The lowest BCUT2D eigenvalue weighted by Crippen LogP contribution is -2.32. The minimum Gasteiger partial charge on any atom is -0.378 e. The summed E-state index contributed by atoms with van der Waals surface area (Å²) in [6, 6.07) is 0.139. The van der Waals surface area contributed by atoms with Crippen molar-refractivity contribution in [3.05, 3.63) is 0 Å². The fourth-order valence-electron chi connectivity index (χ4n) is 2.24. The molecule has 1 heterocycles. The molecule has 5 heteroatoms.